The maximum Gasteiger partial charge on any atom is 0.0388 e. The lowest BCUT2D eigenvalue weighted by atomic mass is 10.0. The largest absolute Gasteiger partial charge is 0.294 e. The lowest BCUT2D eigenvalue weighted by molar-refractivity contribution is 0.730. The summed E-state index contributed by atoms with van der Waals surface area (Å²) >= 11 is 0. The van der Waals surface area contributed by atoms with Crippen LogP contribution in [-0.2, 0) is 6.42 Å². The summed E-state index contributed by atoms with van der Waals surface area (Å²) in [5, 5.41) is 0. The summed E-state index contributed by atoms with van der Waals surface area (Å²) in [6, 6.07) is 10.6. The van der Waals surface area contributed by atoms with Gasteiger partial charge in [-0.15, -0.1) is 12.4 Å². The fraction of sp³-hybridized carbons (Fsp3) is 0.417. The molecule has 2 rings (SSSR count). The van der Waals surface area contributed by atoms with Crippen LogP contribution in [0.1, 0.15) is 24.8 Å². The van der Waals surface area contributed by atoms with Crippen LogP contribution < -0.4 is 0 Å². The number of halogens is 1. The van der Waals surface area contributed by atoms with E-state index in [9.17, 15) is 0 Å². The standard InChI is InChI=1S/C12H15N.ClH/c1-2-6-11(7-3-1)10-12-8-4-5-9-13-12;/h1-3,6-7H,4-5,8-10H2;1H. The summed E-state index contributed by atoms with van der Waals surface area (Å²) in [5.41, 5.74) is 2.78. The number of rotatable bonds is 2. The second-order valence-corrected chi connectivity index (χ2v) is 3.57. The summed E-state index contributed by atoms with van der Waals surface area (Å²) < 4.78 is 0. The molecule has 0 unspecified atom stereocenters. The van der Waals surface area contributed by atoms with Crippen LogP contribution in [0.3, 0.4) is 0 Å². The van der Waals surface area contributed by atoms with Crippen LogP contribution in [0.5, 0.6) is 0 Å². The van der Waals surface area contributed by atoms with Crippen molar-refractivity contribution in [2.24, 2.45) is 4.99 Å². The van der Waals surface area contributed by atoms with Crippen molar-refractivity contribution in [3.8, 4) is 0 Å². The highest BCUT2D eigenvalue weighted by atomic mass is 35.5. The Labute approximate surface area is 91.7 Å². The lowest BCUT2D eigenvalue weighted by Crippen LogP contribution is -2.08. The van der Waals surface area contributed by atoms with Crippen LogP contribution in [0.15, 0.2) is 35.3 Å². The zero-order valence-electron chi connectivity index (χ0n) is 8.28. The van der Waals surface area contributed by atoms with E-state index in [1.165, 1.54) is 30.5 Å². The zero-order chi connectivity index (χ0) is 8.93. The van der Waals surface area contributed by atoms with Gasteiger partial charge in [-0.2, -0.15) is 0 Å². The van der Waals surface area contributed by atoms with Gasteiger partial charge in [-0.3, -0.25) is 4.99 Å². The van der Waals surface area contributed by atoms with Gasteiger partial charge in [-0.05, 0) is 24.8 Å². The Hall–Kier alpha value is -0.820. The first-order valence-electron chi connectivity index (χ1n) is 5.01. The van der Waals surface area contributed by atoms with E-state index < -0.39 is 0 Å². The Morgan fingerprint density at radius 1 is 1.07 bits per heavy atom. The van der Waals surface area contributed by atoms with Crippen molar-refractivity contribution in [1.29, 1.82) is 0 Å². The first kappa shape index (κ1) is 11.3. The van der Waals surface area contributed by atoms with E-state index in [-0.39, 0.29) is 12.4 Å². The Balaban J connectivity index is 0.000000980. The molecule has 0 saturated heterocycles. The third kappa shape index (κ3) is 3.15. The monoisotopic (exact) mass is 209 g/mol. The number of aliphatic imine (C=N–C) groups is 1. The molecule has 0 saturated carbocycles. The molecule has 1 aromatic rings. The fourth-order valence-corrected chi connectivity index (χ4v) is 1.73. The first-order valence-corrected chi connectivity index (χ1v) is 5.01. The smallest absolute Gasteiger partial charge is 0.0388 e. The molecule has 76 valence electrons. The minimum absolute atomic E-state index is 0. The average molecular weight is 210 g/mol. The van der Waals surface area contributed by atoms with Crippen molar-refractivity contribution in [2.75, 3.05) is 6.54 Å². The summed E-state index contributed by atoms with van der Waals surface area (Å²) in [6.45, 7) is 1.04. The molecule has 0 N–H and O–H groups in total. The van der Waals surface area contributed by atoms with Gasteiger partial charge in [0.25, 0.3) is 0 Å². The molecular weight excluding hydrogens is 194 g/mol. The predicted molar refractivity (Wildman–Crippen MR) is 63.5 cm³/mol. The molecule has 1 aromatic carbocycles. The van der Waals surface area contributed by atoms with Gasteiger partial charge in [0.1, 0.15) is 0 Å². The second-order valence-electron chi connectivity index (χ2n) is 3.57. The van der Waals surface area contributed by atoms with Crippen molar-refractivity contribution < 1.29 is 0 Å². The molecule has 1 heterocycles. The topological polar surface area (TPSA) is 12.4 Å². The van der Waals surface area contributed by atoms with Crippen LogP contribution in [0.25, 0.3) is 0 Å². The van der Waals surface area contributed by atoms with Gasteiger partial charge in [0.05, 0.1) is 0 Å². The molecule has 0 aliphatic carbocycles. The number of benzene rings is 1. The quantitative estimate of drug-likeness (QED) is 0.709. The summed E-state index contributed by atoms with van der Waals surface area (Å²) in [5.74, 6) is 0. The molecule has 1 aliphatic rings. The van der Waals surface area contributed by atoms with E-state index in [1.54, 1.807) is 0 Å². The fourth-order valence-electron chi connectivity index (χ4n) is 1.73. The third-order valence-electron chi connectivity index (χ3n) is 2.46. The molecule has 0 atom stereocenters. The summed E-state index contributed by atoms with van der Waals surface area (Å²) in [7, 11) is 0. The van der Waals surface area contributed by atoms with E-state index >= 15 is 0 Å². The first-order chi connectivity index (χ1) is 6.45. The van der Waals surface area contributed by atoms with Crippen LogP contribution in [0, 0.1) is 0 Å². The molecule has 0 spiro atoms. The predicted octanol–water partition coefficient (Wildman–Crippen LogP) is 3.28. The highest BCUT2D eigenvalue weighted by molar-refractivity contribution is 5.87. The second kappa shape index (κ2) is 5.82. The van der Waals surface area contributed by atoms with Crippen molar-refractivity contribution in [3.63, 3.8) is 0 Å². The number of hydrogen-bond acceptors (Lipinski definition) is 1. The van der Waals surface area contributed by atoms with Gasteiger partial charge in [0.15, 0.2) is 0 Å². The van der Waals surface area contributed by atoms with Gasteiger partial charge in [-0.1, -0.05) is 30.3 Å². The minimum Gasteiger partial charge on any atom is -0.294 e. The Kier molecular flexibility index (Phi) is 4.68. The van der Waals surface area contributed by atoms with Crippen LogP contribution in [0.2, 0.25) is 0 Å². The number of hydrogen-bond donors (Lipinski definition) is 0. The van der Waals surface area contributed by atoms with E-state index in [4.69, 9.17) is 0 Å². The van der Waals surface area contributed by atoms with E-state index in [2.05, 4.69) is 35.3 Å². The van der Waals surface area contributed by atoms with Crippen LogP contribution in [0.4, 0.5) is 0 Å². The maximum atomic E-state index is 4.54. The van der Waals surface area contributed by atoms with Gasteiger partial charge in [0, 0.05) is 18.7 Å². The SMILES string of the molecule is Cl.c1ccc(CC2=NCCCC2)cc1. The molecule has 14 heavy (non-hydrogen) atoms. The molecule has 1 nitrogen and oxygen atoms in total. The van der Waals surface area contributed by atoms with Gasteiger partial charge in [-0.25, -0.2) is 0 Å². The Morgan fingerprint density at radius 2 is 1.86 bits per heavy atom. The Bertz CT molecular complexity index is 292. The molecule has 0 fully saturated rings. The normalized spacial score (nSPS) is 15.6. The van der Waals surface area contributed by atoms with Crippen molar-refractivity contribution in [3.05, 3.63) is 35.9 Å². The average Bonchev–Trinajstić information content (AvgIpc) is 2.21. The van der Waals surface area contributed by atoms with Crippen LogP contribution >= 0.6 is 12.4 Å². The molecule has 0 bridgehead atoms. The minimum atomic E-state index is 0. The molecule has 0 radical (unpaired) electrons. The van der Waals surface area contributed by atoms with E-state index in [0.717, 1.165) is 13.0 Å². The van der Waals surface area contributed by atoms with Crippen molar-refractivity contribution >= 4 is 18.1 Å². The highest BCUT2D eigenvalue weighted by Crippen LogP contribution is 2.10. The molecule has 0 amide bonds. The van der Waals surface area contributed by atoms with E-state index in [0.29, 0.717) is 0 Å². The molecule has 2 heteroatoms. The Morgan fingerprint density at radius 3 is 2.50 bits per heavy atom. The van der Waals surface area contributed by atoms with Crippen molar-refractivity contribution in [1.82, 2.24) is 0 Å². The van der Waals surface area contributed by atoms with Gasteiger partial charge in [0.2, 0.25) is 0 Å². The van der Waals surface area contributed by atoms with Gasteiger partial charge >= 0.3 is 0 Å². The lowest BCUT2D eigenvalue weighted by Gasteiger charge is -2.11. The maximum absolute atomic E-state index is 4.54. The van der Waals surface area contributed by atoms with Crippen LogP contribution in [-0.4, -0.2) is 12.3 Å². The molecule has 0 aromatic heterocycles. The van der Waals surface area contributed by atoms with Crippen molar-refractivity contribution in [2.45, 2.75) is 25.7 Å². The van der Waals surface area contributed by atoms with E-state index in [1.807, 2.05) is 0 Å². The van der Waals surface area contributed by atoms with Gasteiger partial charge < -0.3 is 0 Å². The molecular formula is C12H16ClN. The third-order valence-corrected chi connectivity index (χ3v) is 2.46. The number of nitrogens with zero attached hydrogens (tertiary/aromatic N) is 1. The summed E-state index contributed by atoms with van der Waals surface area (Å²) in [6.07, 6.45) is 4.86. The molecule has 1 aliphatic heterocycles. The zero-order valence-corrected chi connectivity index (χ0v) is 9.09. The summed E-state index contributed by atoms with van der Waals surface area (Å²) in [4.78, 5) is 4.54. The highest BCUT2D eigenvalue weighted by Gasteiger charge is 2.05.